The molecule has 4 nitrogen and oxygen atoms in total. The normalized spacial score (nSPS) is 10.0. The van der Waals surface area contributed by atoms with Gasteiger partial charge >= 0.3 is 0 Å². The van der Waals surface area contributed by atoms with Crippen LogP contribution < -0.4 is 5.32 Å². The lowest BCUT2D eigenvalue weighted by Crippen LogP contribution is -2.25. The van der Waals surface area contributed by atoms with E-state index in [4.69, 9.17) is 11.6 Å². The van der Waals surface area contributed by atoms with Gasteiger partial charge in [0, 0.05) is 23.2 Å². The van der Waals surface area contributed by atoms with Crippen molar-refractivity contribution in [2.24, 2.45) is 7.05 Å². The van der Waals surface area contributed by atoms with Crippen LogP contribution in [-0.4, -0.2) is 22.2 Å². The number of amides is 1. The third-order valence-corrected chi connectivity index (χ3v) is 3.81. The zero-order valence-electron chi connectivity index (χ0n) is 13.7. The number of carbonyl (C=O) groups excluding carboxylic acids is 1. The molecule has 0 bridgehead atoms. The second-order valence-corrected chi connectivity index (χ2v) is 5.84. The molecular formula is C20H16ClN3O. The summed E-state index contributed by atoms with van der Waals surface area (Å²) in [5, 5.41) is 7.81. The van der Waals surface area contributed by atoms with Gasteiger partial charge in [0.15, 0.2) is 0 Å². The minimum Gasteiger partial charge on any atom is -0.340 e. The highest BCUT2D eigenvalue weighted by atomic mass is 35.5. The van der Waals surface area contributed by atoms with Gasteiger partial charge in [0.05, 0.1) is 12.2 Å². The molecular weight excluding hydrogens is 334 g/mol. The van der Waals surface area contributed by atoms with E-state index in [9.17, 15) is 4.79 Å². The first-order chi connectivity index (χ1) is 12.1. The van der Waals surface area contributed by atoms with Gasteiger partial charge in [-0.2, -0.15) is 5.10 Å². The largest absolute Gasteiger partial charge is 0.340 e. The van der Waals surface area contributed by atoms with Gasteiger partial charge in [0.1, 0.15) is 5.69 Å². The monoisotopic (exact) mass is 349 g/mol. The lowest BCUT2D eigenvalue weighted by atomic mass is 10.1. The van der Waals surface area contributed by atoms with Crippen molar-refractivity contribution >= 4 is 17.5 Å². The first-order valence-electron chi connectivity index (χ1n) is 7.75. The minimum absolute atomic E-state index is 0.211. The summed E-state index contributed by atoms with van der Waals surface area (Å²) in [5.41, 5.74) is 3.04. The van der Waals surface area contributed by atoms with E-state index in [1.807, 2.05) is 42.5 Å². The molecule has 0 aliphatic rings. The second-order valence-electron chi connectivity index (χ2n) is 5.40. The molecule has 0 aliphatic carbocycles. The van der Waals surface area contributed by atoms with E-state index >= 15 is 0 Å². The Balaban J connectivity index is 1.65. The number of halogens is 1. The molecule has 0 atom stereocenters. The van der Waals surface area contributed by atoms with Gasteiger partial charge in [0.25, 0.3) is 5.91 Å². The highest BCUT2D eigenvalue weighted by Crippen LogP contribution is 2.18. The van der Waals surface area contributed by atoms with E-state index in [1.54, 1.807) is 29.9 Å². The number of nitrogens with zero attached hydrogens (tertiary/aromatic N) is 2. The molecule has 1 N–H and O–H groups in total. The fourth-order valence-corrected chi connectivity index (χ4v) is 2.55. The Kier molecular flexibility index (Phi) is 5.17. The Morgan fingerprint density at radius 1 is 1.16 bits per heavy atom. The van der Waals surface area contributed by atoms with Gasteiger partial charge in [-0.3, -0.25) is 9.48 Å². The molecule has 0 saturated carbocycles. The molecule has 5 heteroatoms. The number of carbonyl (C=O) groups is 1. The Labute approximate surface area is 151 Å². The zero-order chi connectivity index (χ0) is 17.6. The third kappa shape index (κ3) is 4.28. The molecule has 1 aromatic heterocycles. The Hall–Kier alpha value is -3.03. The molecule has 1 amide bonds. The van der Waals surface area contributed by atoms with Crippen molar-refractivity contribution in [3.63, 3.8) is 0 Å². The van der Waals surface area contributed by atoms with E-state index < -0.39 is 0 Å². The van der Waals surface area contributed by atoms with Crippen molar-refractivity contribution in [1.29, 1.82) is 0 Å². The van der Waals surface area contributed by atoms with Gasteiger partial charge in [-0.15, -0.1) is 0 Å². The maximum absolute atomic E-state index is 12.3. The number of aromatic nitrogens is 2. The van der Waals surface area contributed by atoms with E-state index in [-0.39, 0.29) is 12.5 Å². The molecule has 0 unspecified atom stereocenters. The summed E-state index contributed by atoms with van der Waals surface area (Å²) < 4.78 is 1.57. The van der Waals surface area contributed by atoms with Crippen molar-refractivity contribution in [3.05, 3.63) is 76.9 Å². The molecule has 25 heavy (non-hydrogen) atoms. The van der Waals surface area contributed by atoms with Crippen molar-refractivity contribution in [3.8, 4) is 23.1 Å². The summed E-state index contributed by atoms with van der Waals surface area (Å²) in [4.78, 5) is 12.3. The third-order valence-electron chi connectivity index (χ3n) is 3.58. The van der Waals surface area contributed by atoms with Gasteiger partial charge in [-0.1, -0.05) is 59.8 Å². The van der Waals surface area contributed by atoms with Crippen LogP contribution in [0.25, 0.3) is 11.3 Å². The van der Waals surface area contributed by atoms with Crippen LogP contribution in [0.4, 0.5) is 0 Å². The minimum atomic E-state index is -0.211. The Bertz CT molecular complexity index is 952. The van der Waals surface area contributed by atoms with Crippen LogP contribution in [0.2, 0.25) is 5.02 Å². The average Bonchev–Trinajstić information content (AvgIpc) is 3.01. The topological polar surface area (TPSA) is 46.9 Å². The molecule has 0 saturated heterocycles. The van der Waals surface area contributed by atoms with E-state index in [0.29, 0.717) is 10.7 Å². The van der Waals surface area contributed by atoms with E-state index in [1.165, 1.54) is 0 Å². The van der Waals surface area contributed by atoms with Gasteiger partial charge in [0.2, 0.25) is 0 Å². The standard InChI is InChI=1S/C20H16ClN3O/c1-24-19(14-18(23-24)16-9-3-2-4-10-16)20(25)22-12-6-8-15-7-5-11-17(21)13-15/h2-5,7,9-11,13-14H,12H2,1H3,(H,22,25). The number of nitrogens with one attached hydrogen (secondary N) is 1. The van der Waals surface area contributed by atoms with E-state index in [2.05, 4.69) is 22.3 Å². The summed E-state index contributed by atoms with van der Waals surface area (Å²) >= 11 is 5.91. The summed E-state index contributed by atoms with van der Waals surface area (Å²) in [5.74, 6) is 5.67. The van der Waals surface area contributed by atoms with Crippen LogP contribution >= 0.6 is 11.6 Å². The highest BCUT2D eigenvalue weighted by Gasteiger charge is 2.13. The first-order valence-corrected chi connectivity index (χ1v) is 8.13. The smallest absolute Gasteiger partial charge is 0.270 e. The lowest BCUT2D eigenvalue weighted by molar-refractivity contribution is 0.0949. The van der Waals surface area contributed by atoms with Gasteiger partial charge < -0.3 is 5.32 Å². The summed E-state index contributed by atoms with van der Waals surface area (Å²) in [6, 6.07) is 18.8. The number of hydrogen-bond acceptors (Lipinski definition) is 2. The van der Waals surface area contributed by atoms with Crippen molar-refractivity contribution in [2.75, 3.05) is 6.54 Å². The zero-order valence-corrected chi connectivity index (χ0v) is 14.4. The summed E-state index contributed by atoms with van der Waals surface area (Å²) in [6.07, 6.45) is 0. The fourth-order valence-electron chi connectivity index (χ4n) is 2.36. The number of aryl methyl sites for hydroxylation is 1. The SMILES string of the molecule is Cn1nc(-c2ccccc2)cc1C(=O)NCC#Cc1cccc(Cl)c1. The quantitative estimate of drug-likeness (QED) is 0.735. The molecule has 0 aliphatic heterocycles. The van der Waals surface area contributed by atoms with E-state index in [0.717, 1.165) is 16.8 Å². The second kappa shape index (κ2) is 7.69. The van der Waals surface area contributed by atoms with Crippen LogP contribution in [0.1, 0.15) is 16.1 Å². The first kappa shape index (κ1) is 16.8. The average molecular weight is 350 g/mol. The fraction of sp³-hybridized carbons (Fsp3) is 0.100. The van der Waals surface area contributed by atoms with Crippen LogP contribution in [0, 0.1) is 11.8 Å². The summed E-state index contributed by atoms with van der Waals surface area (Å²) in [7, 11) is 1.75. The molecule has 0 radical (unpaired) electrons. The Morgan fingerprint density at radius 3 is 2.72 bits per heavy atom. The van der Waals surface area contributed by atoms with Gasteiger partial charge in [-0.05, 0) is 24.3 Å². The van der Waals surface area contributed by atoms with Crippen molar-refractivity contribution < 1.29 is 4.79 Å². The predicted molar refractivity (Wildman–Crippen MR) is 99.3 cm³/mol. The number of benzene rings is 2. The van der Waals surface area contributed by atoms with Crippen LogP contribution in [-0.2, 0) is 7.05 Å². The Morgan fingerprint density at radius 2 is 1.96 bits per heavy atom. The maximum atomic E-state index is 12.3. The molecule has 3 rings (SSSR count). The number of rotatable bonds is 3. The van der Waals surface area contributed by atoms with Crippen LogP contribution in [0.5, 0.6) is 0 Å². The van der Waals surface area contributed by atoms with Crippen LogP contribution in [0.3, 0.4) is 0 Å². The van der Waals surface area contributed by atoms with Crippen LogP contribution in [0.15, 0.2) is 60.7 Å². The predicted octanol–water partition coefficient (Wildman–Crippen LogP) is 3.52. The molecule has 1 heterocycles. The van der Waals surface area contributed by atoms with Crippen molar-refractivity contribution in [2.45, 2.75) is 0 Å². The maximum Gasteiger partial charge on any atom is 0.270 e. The molecule has 0 fully saturated rings. The molecule has 0 spiro atoms. The molecule has 3 aromatic rings. The molecule has 124 valence electrons. The number of hydrogen-bond donors (Lipinski definition) is 1. The van der Waals surface area contributed by atoms with Gasteiger partial charge in [-0.25, -0.2) is 0 Å². The highest BCUT2D eigenvalue weighted by molar-refractivity contribution is 6.30. The lowest BCUT2D eigenvalue weighted by Gasteiger charge is -2.00. The molecule has 2 aromatic carbocycles. The summed E-state index contributed by atoms with van der Waals surface area (Å²) in [6.45, 7) is 0.247. The van der Waals surface area contributed by atoms with Crippen molar-refractivity contribution in [1.82, 2.24) is 15.1 Å².